The van der Waals surface area contributed by atoms with Gasteiger partial charge in [0.05, 0.1) is 11.4 Å². The van der Waals surface area contributed by atoms with Crippen molar-refractivity contribution in [1.82, 2.24) is 9.97 Å². The molecule has 1 aromatic carbocycles. The number of carbonyl (C=O) groups is 1. The Labute approximate surface area is 132 Å². The fourth-order valence-electron chi connectivity index (χ4n) is 2.00. The molecule has 0 aliphatic carbocycles. The molecule has 108 valence electrons. The summed E-state index contributed by atoms with van der Waals surface area (Å²) in [6.45, 7) is 0. The third-order valence-corrected chi connectivity index (χ3v) is 3.42. The molecule has 3 rings (SSSR count). The molecule has 0 fully saturated rings. The van der Waals surface area contributed by atoms with E-state index in [1.807, 2.05) is 30.3 Å². The second-order valence-electron chi connectivity index (χ2n) is 4.59. The molecular formula is C17H12ClN3O. The van der Waals surface area contributed by atoms with Crippen molar-refractivity contribution >= 4 is 23.2 Å². The fraction of sp³-hybridized carbons (Fsp3) is 0. The maximum atomic E-state index is 12.2. The van der Waals surface area contributed by atoms with Crippen LogP contribution in [0.15, 0.2) is 67.0 Å². The minimum absolute atomic E-state index is 0.234. The first-order valence-corrected chi connectivity index (χ1v) is 7.05. The van der Waals surface area contributed by atoms with E-state index in [-0.39, 0.29) is 11.1 Å². The van der Waals surface area contributed by atoms with Gasteiger partial charge in [0.15, 0.2) is 5.15 Å². The smallest absolute Gasteiger partial charge is 0.255 e. The molecule has 5 heteroatoms. The molecule has 0 saturated carbocycles. The first-order valence-electron chi connectivity index (χ1n) is 6.67. The fourth-order valence-corrected chi connectivity index (χ4v) is 2.17. The van der Waals surface area contributed by atoms with Crippen LogP contribution in [0.25, 0.3) is 11.3 Å². The van der Waals surface area contributed by atoms with Crippen molar-refractivity contribution in [2.45, 2.75) is 0 Å². The lowest BCUT2D eigenvalue weighted by Gasteiger charge is -2.07. The first-order chi connectivity index (χ1) is 10.7. The molecule has 22 heavy (non-hydrogen) atoms. The monoisotopic (exact) mass is 309 g/mol. The van der Waals surface area contributed by atoms with Crippen LogP contribution >= 0.6 is 11.6 Å². The van der Waals surface area contributed by atoms with E-state index in [2.05, 4.69) is 15.3 Å². The van der Waals surface area contributed by atoms with Crippen LogP contribution in [0.2, 0.25) is 5.15 Å². The Morgan fingerprint density at radius 2 is 1.68 bits per heavy atom. The van der Waals surface area contributed by atoms with Gasteiger partial charge < -0.3 is 5.32 Å². The highest BCUT2D eigenvalue weighted by molar-refractivity contribution is 6.32. The summed E-state index contributed by atoms with van der Waals surface area (Å²) in [6.07, 6.45) is 3.31. The molecule has 0 bridgehead atoms. The van der Waals surface area contributed by atoms with Gasteiger partial charge in [-0.1, -0.05) is 29.8 Å². The Balaban J connectivity index is 1.78. The van der Waals surface area contributed by atoms with Gasteiger partial charge in [0.2, 0.25) is 0 Å². The van der Waals surface area contributed by atoms with Gasteiger partial charge in [-0.25, -0.2) is 4.98 Å². The van der Waals surface area contributed by atoms with Crippen LogP contribution in [0.4, 0.5) is 5.69 Å². The zero-order valence-electron chi connectivity index (χ0n) is 11.5. The van der Waals surface area contributed by atoms with Gasteiger partial charge in [-0.05, 0) is 36.4 Å². The molecule has 1 amide bonds. The van der Waals surface area contributed by atoms with Crippen LogP contribution in [0, 0.1) is 0 Å². The average molecular weight is 310 g/mol. The summed E-state index contributed by atoms with van der Waals surface area (Å²) in [5.74, 6) is -0.234. The molecule has 0 saturated heterocycles. The third-order valence-electron chi connectivity index (χ3n) is 3.12. The number of benzene rings is 1. The van der Waals surface area contributed by atoms with E-state index < -0.39 is 0 Å². The van der Waals surface area contributed by atoms with Crippen LogP contribution in [0.5, 0.6) is 0 Å². The molecule has 0 unspecified atom stereocenters. The summed E-state index contributed by atoms with van der Waals surface area (Å²) in [6, 6.07) is 16.4. The van der Waals surface area contributed by atoms with E-state index in [0.29, 0.717) is 11.3 Å². The Hall–Kier alpha value is -2.72. The van der Waals surface area contributed by atoms with Crippen molar-refractivity contribution < 1.29 is 4.79 Å². The molecule has 0 spiro atoms. The molecule has 0 aliphatic rings. The maximum Gasteiger partial charge on any atom is 0.255 e. The van der Waals surface area contributed by atoms with Crippen LogP contribution in [-0.2, 0) is 0 Å². The van der Waals surface area contributed by atoms with E-state index >= 15 is 0 Å². The van der Waals surface area contributed by atoms with Crippen molar-refractivity contribution in [3.05, 3.63) is 77.7 Å². The number of aromatic nitrogens is 2. The number of hydrogen-bond acceptors (Lipinski definition) is 3. The summed E-state index contributed by atoms with van der Waals surface area (Å²) < 4.78 is 0. The van der Waals surface area contributed by atoms with E-state index in [9.17, 15) is 4.79 Å². The average Bonchev–Trinajstić information content (AvgIpc) is 2.58. The van der Waals surface area contributed by atoms with Gasteiger partial charge in [0.25, 0.3) is 5.91 Å². The van der Waals surface area contributed by atoms with E-state index in [4.69, 9.17) is 11.6 Å². The Morgan fingerprint density at radius 1 is 0.909 bits per heavy atom. The number of carbonyl (C=O) groups excluding carboxylic acids is 1. The standard InChI is InChI=1S/C17H12ClN3O/c18-16-15(5-3-11-20-16)21-17(22)13-8-6-12(7-9-13)14-4-1-2-10-19-14/h1-11H,(H,21,22). The van der Waals surface area contributed by atoms with Gasteiger partial charge in [0.1, 0.15) is 0 Å². The zero-order chi connectivity index (χ0) is 15.4. The summed E-state index contributed by atoms with van der Waals surface area (Å²) in [5.41, 5.74) is 2.85. The Bertz CT molecular complexity index is 789. The van der Waals surface area contributed by atoms with Crippen LogP contribution in [0.3, 0.4) is 0 Å². The SMILES string of the molecule is O=C(Nc1cccnc1Cl)c1ccc(-c2ccccn2)cc1. The van der Waals surface area contributed by atoms with Crippen molar-refractivity contribution in [3.8, 4) is 11.3 Å². The highest BCUT2D eigenvalue weighted by Crippen LogP contribution is 2.20. The van der Waals surface area contributed by atoms with E-state index in [1.165, 1.54) is 0 Å². The predicted molar refractivity (Wildman–Crippen MR) is 86.9 cm³/mol. The lowest BCUT2D eigenvalue weighted by molar-refractivity contribution is 0.102. The van der Waals surface area contributed by atoms with Crippen LogP contribution < -0.4 is 5.32 Å². The number of anilines is 1. The molecule has 0 radical (unpaired) electrons. The van der Waals surface area contributed by atoms with Crippen molar-refractivity contribution in [1.29, 1.82) is 0 Å². The molecular weight excluding hydrogens is 298 g/mol. The van der Waals surface area contributed by atoms with Gasteiger partial charge in [-0.15, -0.1) is 0 Å². The van der Waals surface area contributed by atoms with Gasteiger partial charge in [-0.3, -0.25) is 9.78 Å². The minimum atomic E-state index is -0.234. The number of rotatable bonds is 3. The van der Waals surface area contributed by atoms with E-state index in [1.54, 1.807) is 36.7 Å². The normalized spacial score (nSPS) is 10.2. The molecule has 2 heterocycles. The predicted octanol–water partition coefficient (Wildman–Crippen LogP) is 4.05. The van der Waals surface area contributed by atoms with Gasteiger partial charge in [0, 0.05) is 23.5 Å². The minimum Gasteiger partial charge on any atom is -0.319 e. The summed E-state index contributed by atoms with van der Waals surface area (Å²) >= 11 is 5.93. The first kappa shape index (κ1) is 14.2. The largest absolute Gasteiger partial charge is 0.319 e. The summed E-state index contributed by atoms with van der Waals surface area (Å²) in [4.78, 5) is 20.4. The number of hydrogen-bond donors (Lipinski definition) is 1. The highest BCUT2D eigenvalue weighted by Gasteiger charge is 2.09. The highest BCUT2D eigenvalue weighted by atomic mass is 35.5. The summed E-state index contributed by atoms with van der Waals surface area (Å²) in [5, 5.41) is 3.00. The van der Waals surface area contributed by atoms with Crippen LogP contribution in [0.1, 0.15) is 10.4 Å². The Kier molecular flexibility index (Phi) is 4.12. The molecule has 0 atom stereocenters. The van der Waals surface area contributed by atoms with Crippen molar-refractivity contribution in [3.63, 3.8) is 0 Å². The van der Waals surface area contributed by atoms with E-state index in [0.717, 1.165) is 11.3 Å². The molecule has 4 nitrogen and oxygen atoms in total. The van der Waals surface area contributed by atoms with Crippen molar-refractivity contribution in [2.24, 2.45) is 0 Å². The lowest BCUT2D eigenvalue weighted by atomic mass is 10.1. The maximum absolute atomic E-state index is 12.2. The van der Waals surface area contributed by atoms with Crippen molar-refractivity contribution in [2.75, 3.05) is 5.32 Å². The number of amides is 1. The molecule has 1 N–H and O–H groups in total. The second-order valence-corrected chi connectivity index (χ2v) is 4.95. The van der Waals surface area contributed by atoms with Gasteiger partial charge in [-0.2, -0.15) is 0 Å². The summed E-state index contributed by atoms with van der Waals surface area (Å²) in [7, 11) is 0. The molecule has 0 aliphatic heterocycles. The number of nitrogens with zero attached hydrogens (tertiary/aromatic N) is 2. The molecule has 3 aromatic rings. The number of pyridine rings is 2. The third kappa shape index (κ3) is 3.13. The quantitative estimate of drug-likeness (QED) is 0.743. The zero-order valence-corrected chi connectivity index (χ0v) is 12.3. The lowest BCUT2D eigenvalue weighted by Crippen LogP contribution is -2.12. The second kappa shape index (κ2) is 6.37. The molecule has 2 aromatic heterocycles. The number of nitrogens with one attached hydrogen (secondary N) is 1. The number of halogens is 1. The van der Waals surface area contributed by atoms with Crippen LogP contribution in [-0.4, -0.2) is 15.9 Å². The topological polar surface area (TPSA) is 54.9 Å². The van der Waals surface area contributed by atoms with Gasteiger partial charge >= 0.3 is 0 Å². The Morgan fingerprint density at radius 3 is 2.36 bits per heavy atom.